The molecule has 0 fully saturated rings. The summed E-state index contributed by atoms with van der Waals surface area (Å²) < 4.78 is 21.7. The molecule has 2 atom stereocenters. The van der Waals surface area contributed by atoms with Gasteiger partial charge in [0.05, 0.1) is 12.7 Å². The van der Waals surface area contributed by atoms with Crippen molar-refractivity contribution < 1.29 is 28.3 Å². The van der Waals surface area contributed by atoms with E-state index in [2.05, 4.69) is 11.7 Å². The largest absolute Gasteiger partial charge is 0.462 e. The van der Waals surface area contributed by atoms with Crippen molar-refractivity contribution in [3.8, 4) is 0 Å². The Bertz CT molecular complexity index is 474. The second-order valence-corrected chi connectivity index (χ2v) is 8.69. The Morgan fingerprint density at radius 1 is 1.39 bits per heavy atom. The van der Waals surface area contributed by atoms with Gasteiger partial charge in [0, 0.05) is 11.2 Å². The summed E-state index contributed by atoms with van der Waals surface area (Å²) in [5.74, 6) is -0.484. The molecule has 0 spiro atoms. The highest BCUT2D eigenvalue weighted by atomic mass is 32.2. The van der Waals surface area contributed by atoms with E-state index in [9.17, 15) is 19.0 Å². The second kappa shape index (κ2) is 9.59. The van der Waals surface area contributed by atoms with E-state index in [4.69, 9.17) is 9.26 Å². The van der Waals surface area contributed by atoms with E-state index >= 15 is 0 Å². The molecule has 0 saturated carbocycles. The van der Waals surface area contributed by atoms with Crippen LogP contribution in [0, 0.1) is 5.41 Å². The fourth-order valence-corrected chi connectivity index (χ4v) is 3.12. The van der Waals surface area contributed by atoms with Gasteiger partial charge >= 0.3 is 13.7 Å². The monoisotopic (exact) mass is 367 g/mol. The average Bonchev–Trinajstić information content (AvgIpc) is 2.38. The van der Waals surface area contributed by atoms with Gasteiger partial charge in [0.25, 0.3) is 0 Å². The first-order valence-corrected chi connectivity index (χ1v) is 9.71. The fourth-order valence-electron chi connectivity index (χ4n) is 1.23. The van der Waals surface area contributed by atoms with E-state index in [0.29, 0.717) is 0 Å². The summed E-state index contributed by atoms with van der Waals surface area (Å²) >= 11 is 1.03. The highest BCUT2D eigenvalue weighted by Gasteiger charge is 2.29. The van der Waals surface area contributed by atoms with E-state index in [0.717, 1.165) is 17.8 Å². The van der Waals surface area contributed by atoms with E-state index in [1.54, 1.807) is 34.6 Å². The molecule has 0 heterocycles. The number of hydrogen-bond donors (Lipinski definition) is 2. The Balaban J connectivity index is 4.37. The highest BCUT2D eigenvalue weighted by molar-refractivity contribution is 8.13. The smallest absolute Gasteiger partial charge is 0.403 e. The predicted molar refractivity (Wildman–Crippen MR) is 91.0 cm³/mol. The van der Waals surface area contributed by atoms with Crippen molar-refractivity contribution >= 4 is 30.6 Å². The third-order valence-corrected chi connectivity index (χ3v) is 4.72. The van der Waals surface area contributed by atoms with Crippen LogP contribution in [0.5, 0.6) is 0 Å². The van der Waals surface area contributed by atoms with Gasteiger partial charge in [0.1, 0.15) is 6.04 Å². The van der Waals surface area contributed by atoms with Crippen molar-refractivity contribution in [1.82, 2.24) is 5.09 Å². The molecule has 0 amide bonds. The van der Waals surface area contributed by atoms with Gasteiger partial charge in [-0.05, 0) is 13.8 Å². The first-order valence-electron chi connectivity index (χ1n) is 7.14. The summed E-state index contributed by atoms with van der Waals surface area (Å²) in [4.78, 5) is 33.1. The predicted octanol–water partition coefficient (Wildman–Crippen LogP) is 2.51. The molecule has 0 aliphatic rings. The van der Waals surface area contributed by atoms with Crippen LogP contribution in [0.3, 0.4) is 0 Å². The Labute approximate surface area is 141 Å². The van der Waals surface area contributed by atoms with Gasteiger partial charge in [0.2, 0.25) is 0 Å². The second-order valence-electron chi connectivity index (χ2n) is 6.07. The first kappa shape index (κ1) is 22.3. The molecule has 0 aliphatic heterocycles. The number of nitrogens with one attached hydrogen (secondary N) is 1. The minimum atomic E-state index is -4.21. The van der Waals surface area contributed by atoms with E-state index in [1.165, 1.54) is 0 Å². The van der Waals surface area contributed by atoms with Crippen molar-refractivity contribution in [2.24, 2.45) is 5.41 Å². The topological polar surface area (TPSA) is 102 Å². The summed E-state index contributed by atoms with van der Waals surface area (Å²) in [6.07, 6.45) is 0.806. The van der Waals surface area contributed by atoms with Crippen LogP contribution >= 0.6 is 19.5 Å². The van der Waals surface area contributed by atoms with Gasteiger partial charge in [-0.3, -0.25) is 9.32 Å². The van der Waals surface area contributed by atoms with Crippen molar-refractivity contribution in [2.45, 2.75) is 46.8 Å². The molecule has 0 rings (SSSR count). The van der Waals surface area contributed by atoms with Crippen LogP contribution in [-0.2, 0) is 23.4 Å². The van der Waals surface area contributed by atoms with E-state index in [1.807, 2.05) is 0 Å². The van der Waals surface area contributed by atoms with Crippen molar-refractivity contribution in [1.29, 1.82) is 0 Å². The molecular formula is C14H26NO6PS. The summed E-state index contributed by atoms with van der Waals surface area (Å²) in [6, 6.07) is -1.16. The maximum Gasteiger partial charge on any atom is 0.403 e. The summed E-state index contributed by atoms with van der Waals surface area (Å²) in [5.41, 5.74) is -0.486. The third-order valence-electron chi connectivity index (χ3n) is 2.34. The number of carbonyl (C=O) groups excluding carboxylic acids is 2. The molecular weight excluding hydrogens is 341 g/mol. The van der Waals surface area contributed by atoms with Crippen LogP contribution < -0.4 is 5.09 Å². The average molecular weight is 367 g/mol. The molecule has 0 aromatic rings. The molecule has 0 radical (unpaired) electrons. The zero-order chi connectivity index (χ0) is 18.3. The summed E-state index contributed by atoms with van der Waals surface area (Å²) in [5, 5.41) is 2.13. The van der Waals surface area contributed by atoms with Gasteiger partial charge in [0.15, 0.2) is 5.12 Å². The fraction of sp³-hybridized carbons (Fsp3) is 0.714. The lowest BCUT2D eigenvalue weighted by atomic mass is 10.00. The maximum atomic E-state index is 11.9. The van der Waals surface area contributed by atoms with Gasteiger partial charge in [-0.1, -0.05) is 38.6 Å². The maximum absolute atomic E-state index is 11.9. The number of thioether (sulfide) groups is 1. The molecule has 0 aromatic heterocycles. The number of ether oxygens (including phenoxy) is 1. The zero-order valence-electron chi connectivity index (χ0n) is 14.2. The number of esters is 1. The normalized spacial score (nSPS) is 15.8. The van der Waals surface area contributed by atoms with Crippen molar-refractivity contribution in [2.75, 3.05) is 12.4 Å². The lowest BCUT2D eigenvalue weighted by Gasteiger charge is -2.20. The number of rotatable bonds is 9. The van der Waals surface area contributed by atoms with Crippen LogP contribution in [0.15, 0.2) is 12.7 Å². The number of carbonyl (C=O) groups is 2. The van der Waals surface area contributed by atoms with Crippen LogP contribution in [-0.4, -0.2) is 40.5 Å². The van der Waals surface area contributed by atoms with Gasteiger partial charge in [-0.2, -0.15) is 0 Å². The minimum absolute atomic E-state index is 0.0358. The Morgan fingerprint density at radius 3 is 2.39 bits per heavy atom. The van der Waals surface area contributed by atoms with Crippen LogP contribution in [0.25, 0.3) is 0 Å². The number of hydrogen-bond acceptors (Lipinski definition) is 6. The molecule has 7 nitrogen and oxygen atoms in total. The van der Waals surface area contributed by atoms with Gasteiger partial charge in [-0.25, -0.2) is 14.4 Å². The van der Waals surface area contributed by atoms with Crippen molar-refractivity contribution in [3.05, 3.63) is 12.7 Å². The lowest BCUT2D eigenvalue weighted by molar-refractivity contribution is -0.148. The van der Waals surface area contributed by atoms with Gasteiger partial charge < -0.3 is 9.63 Å². The summed E-state index contributed by atoms with van der Waals surface area (Å²) in [6.45, 7) is 12.0. The van der Waals surface area contributed by atoms with E-state index in [-0.39, 0.29) is 23.6 Å². The molecule has 9 heteroatoms. The molecule has 1 unspecified atom stereocenters. The molecule has 0 aliphatic carbocycles. The Kier molecular flexibility index (Phi) is 9.32. The molecule has 0 bridgehead atoms. The van der Waals surface area contributed by atoms with Crippen LogP contribution in [0.4, 0.5) is 0 Å². The first-order chi connectivity index (χ1) is 10.4. The van der Waals surface area contributed by atoms with E-state index < -0.39 is 25.2 Å². The Morgan fingerprint density at radius 2 is 1.96 bits per heavy atom. The Hall–Kier alpha value is -0.660. The van der Waals surface area contributed by atoms with Crippen molar-refractivity contribution in [3.63, 3.8) is 0 Å². The molecule has 2 N–H and O–H groups in total. The lowest BCUT2D eigenvalue weighted by Crippen LogP contribution is -2.36. The third kappa shape index (κ3) is 9.94. The van der Waals surface area contributed by atoms with Crippen LogP contribution in [0.1, 0.15) is 34.6 Å². The zero-order valence-corrected chi connectivity index (χ0v) is 15.9. The summed E-state index contributed by atoms with van der Waals surface area (Å²) in [7, 11) is -4.21. The quantitative estimate of drug-likeness (QED) is 0.277. The highest BCUT2D eigenvalue weighted by Crippen LogP contribution is 2.38. The molecule has 134 valence electrons. The standard InChI is InChI=1S/C14H26NO6PS/c1-7-11(12(16)21-10(2)3)15-22(18,19)20-8-9-23-13(17)14(4,5)6/h7,10-11H,1,8-9H2,2-6H3,(H2,15,18,19)/t11-/m0/s1. The molecule has 0 saturated heterocycles. The minimum Gasteiger partial charge on any atom is -0.462 e. The molecule has 23 heavy (non-hydrogen) atoms. The SMILES string of the molecule is C=C[C@H](NP(=O)(O)OCCSC(=O)C(C)(C)C)C(=O)OC(C)C. The van der Waals surface area contributed by atoms with Gasteiger partial charge in [-0.15, -0.1) is 6.58 Å². The molecule has 0 aromatic carbocycles. The van der Waals surface area contributed by atoms with Crippen LogP contribution in [0.2, 0.25) is 0 Å².